The topological polar surface area (TPSA) is 38.5 Å². The Labute approximate surface area is 125 Å². The van der Waals surface area contributed by atoms with Gasteiger partial charge < -0.3 is 10.5 Å². The summed E-state index contributed by atoms with van der Waals surface area (Å²) in [4.78, 5) is 2.68. The zero-order valence-electron chi connectivity index (χ0n) is 14.0. The molecule has 3 heteroatoms. The summed E-state index contributed by atoms with van der Waals surface area (Å²) in [7, 11) is 0. The number of ether oxygens (including phenoxy) is 1. The molecule has 1 heterocycles. The van der Waals surface area contributed by atoms with Gasteiger partial charge in [-0.1, -0.05) is 33.6 Å². The lowest BCUT2D eigenvalue weighted by molar-refractivity contribution is -0.158. The molecule has 2 aliphatic rings. The smallest absolute Gasteiger partial charge is 0.0662 e. The molecule has 1 saturated carbocycles. The second-order valence-electron chi connectivity index (χ2n) is 7.41. The van der Waals surface area contributed by atoms with Crippen LogP contribution in [0.5, 0.6) is 0 Å². The number of hydrogen-bond acceptors (Lipinski definition) is 3. The Morgan fingerprint density at radius 2 is 1.95 bits per heavy atom. The van der Waals surface area contributed by atoms with Crippen LogP contribution < -0.4 is 5.73 Å². The Hall–Kier alpha value is -0.120. The molecule has 3 nitrogen and oxygen atoms in total. The van der Waals surface area contributed by atoms with E-state index in [1.165, 1.54) is 38.6 Å². The van der Waals surface area contributed by atoms with Gasteiger partial charge in [0.05, 0.1) is 6.10 Å². The summed E-state index contributed by atoms with van der Waals surface area (Å²) in [6.07, 6.45) is 8.06. The summed E-state index contributed by atoms with van der Waals surface area (Å²) in [5.41, 5.74) is 6.79. The van der Waals surface area contributed by atoms with E-state index in [0.29, 0.717) is 6.10 Å². The zero-order valence-corrected chi connectivity index (χ0v) is 14.0. The van der Waals surface area contributed by atoms with Crippen LogP contribution in [0, 0.1) is 5.41 Å². The normalized spacial score (nSPS) is 38.2. The van der Waals surface area contributed by atoms with Gasteiger partial charge >= 0.3 is 0 Å². The van der Waals surface area contributed by atoms with E-state index in [-0.39, 0.29) is 11.0 Å². The molecule has 0 aromatic heterocycles. The largest absolute Gasteiger partial charge is 0.378 e. The fourth-order valence-corrected chi connectivity index (χ4v) is 4.04. The van der Waals surface area contributed by atoms with Gasteiger partial charge in [-0.2, -0.15) is 0 Å². The number of likely N-dealkylation sites (tertiary alicyclic amines) is 1. The number of nitrogens with zero attached hydrogens (tertiary/aromatic N) is 1. The highest BCUT2D eigenvalue weighted by Crippen LogP contribution is 2.50. The first-order chi connectivity index (χ1) is 9.44. The van der Waals surface area contributed by atoms with E-state index >= 15 is 0 Å². The van der Waals surface area contributed by atoms with Crippen LogP contribution in [0.15, 0.2) is 0 Å². The molecular formula is C17H34N2O. The second kappa shape index (κ2) is 6.33. The van der Waals surface area contributed by atoms with E-state index in [0.717, 1.165) is 25.6 Å². The quantitative estimate of drug-likeness (QED) is 0.841. The minimum absolute atomic E-state index is 0.0788. The van der Waals surface area contributed by atoms with E-state index < -0.39 is 0 Å². The van der Waals surface area contributed by atoms with Crippen molar-refractivity contribution in [2.24, 2.45) is 11.1 Å². The van der Waals surface area contributed by atoms with E-state index in [2.05, 4.69) is 32.6 Å². The van der Waals surface area contributed by atoms with Crippen LogP contribution in [0.1, 0.15) is 66.2 Å². The van der Waals surface area contributed by atoms with Gasteiger partial charge in [0.25, 0.3) is 0 Å². The van der Waals surface area contributed by atoms with Crippen molar-refractivity contribution in [3.05, 3.63) is 0 Å². The van der Waals surface area contributed by atoms with Crippen molar-refractivity contribution in [1.82, 2.24) is 4.90 Å². The Morgan fingerprint density at radius 1 is 1.20 bits per heavy atom. The van der Waals surface area contributed by atoms with Gasteiger partial charge in [-0.05, 0) is 39.2 Å². The van der Waals surface area contributed by atoms with E-state index in [1.54, 1.807) is 0 Å². The van der Waals surface area contributed by atoms with Gasteiger partial charge in [0, 0.05) is 30.1 Å². The van der Waals surface area contributed by atoms with Crippen LogP contribution in [-0.2, 0) is 4.74 Å². The summed E-state index contributed by atoms with van der Waals surface area (Å²) in [6.45, 7) is 12.0. The van der Waals surface area contributed by atoms with Gasteiger partial charge in [-0.15, -0.1) is 0 Å². The lowest BCUT2D eigenvalue weighted by atomic mass is 9.54. The monoisotopic (exact) mass is 282 g/mol. The molecule has 0 bridgehead atoms. The van der Waals surface area contributed by atoms with Crippen molar-refractivity contribution < 1.29 is 4.74 Å². The van der Waals surface area contributed by atoms with E-state index in [1.807, 2.05) is 0 Å². The van der Waals surface area contributed by atoms with Crippen LogP contribution in [-0.4, -0.2) is 42.3 Å². The van der Waals surface area contributed by atoms with Gasteiger partial charge in [0.2, 0.25) is 0 Å². The Kier molecular flexibility index (Phi) is 5.14. The van der Waals surface area contributed by atoms with Gasteiger partial charge in [0.15, 0.2) is 0 Å². The molecule has 3 atom stereocenters. The Bertz CT molecular complexity index is 318. The molecule has 0 amide bonds. The fourth-order valence-electron chi connectivity index (χ4n) is 4.04. The molecule has 118 valence electrons. The highest BCUT2D eigenvalue weighted by atomic mass is 16.5. The average Bonchev–Trinajstić information content (AvgIpc) is 2.63. The predicted molar refractivity (Wildman–Crippen MR) is 84.9 cm³/mol. The Balaban J connectivity index is 2.01. The SMILES string of the molecule is CCOC1CC(N)(CN2CCCCCC2CC)C1(C)C. The van der Waals surface area contributed by atoms with Crippen LogP contribution in [0.4, 0.5) is 0 Å². The molecule has 3 unspecified atom stereocenters. The maximum absolute atomic E-state index is 6.78. The molecule has 20 heavy (non-hydrogen) atoms. The molecular weight excluding hydrogens is 248 g/mol. The van der Waals surface area contributed by atoms with E-state index in [9.17, 15) is 0 Å². The molecule has 0 aromatic rings. The van der Waals surface area contributed by atoms with Gasteiger partial charge in [-0.25, -0.2) is 0 Å². The fraction of sp³-hybridized carbons (Fsp3) is 1.00. The second-order valence-corrected chi connectivity index (χ2v) is 7.41. The summed E-state index contributed by atoms with van der Waals surface area (Å²) in [5, 5.41) is 0. The maximum Gasteiger partial charge on any atom is 0.0662 e. The van der Waals surface area contributed by atoms with Crippen molar-refractivity contribution in [3.63, 3.8) is 0 Å². The molecule has 1 aliphatic carbocycles. The average molecular weight is 282 g/mol. The number of nitrogens with two attached hydrogens (primary N) is 1. The van der Waals surface area contributed by atoms with E-state index in [4.69, 9.17) is 10.5 Å². The van der Waals surface area contributed by atoms with Crippen LogP contribution in [0.3, 0.4) is 0 Å². The van der Waals surface area contributed by atoms with Gasteiger partial charge in [-0.3, -0.25) is 4.90 Å². The number of hydrogen-bond donors (Lipinski definition) is 1. The minimum Gasteiger partial charge on any atom is -0.378 e. The third-order valence-electron chi connectivity index (χ3n) is 5.96. The molecule has 1 saturated heterocycles. The van der Waals surface area contributed by atoms with Crippen LogP contribution >= 0.6 is 0 Å². The molecule has 2 rings (SSSR count). The van der Waals surface area contributed by atoms with Crippen molar-refractivity contribution in [2.45, 2.75) is 83.9 Å². The summed E-state index contributed by atoms with van der Waals surface area (Å²) in [5.74, 6) is 0. The molecule has 0 aromatic carbocycles. The van der Waals surface area contributed by atoms with Crippen LogP contribution in [0.2, 0.25) is 0 Å². The van der Waals surface area contributed by atoms with Gasteiger partial charge in [0.1, 0.15) is 0 Å². The first-order valence-electron chi connectivity index (χ1n) is 8.59. The van der Waals surface area contributed by atoms with Crippen molar-refractivity contribution in [1.29, 1.82) is 0 Å². The molecule has 2 N–H and O–H groups in total. The summed E-state index contributed by atoms with van der Waals surface area (Å²) < 4.78 is 5.86. The molecule has 0 spiro atoms. The third kappa shape index (κ3) is 2.90. The lowest BCUT2D eigenvalue weighted by Gasteiger charge is -2.61. The third-order valence-corrected chi connectivity index (χ3v) is 5.96. The highest BCUT2D eigenvalue weighted by molar-refractivity contribution is 5.15. The van der Waals surface area contributed by atoms with Crippen molar-refractivity contribution in [3.8, 4) is 0 Å². The Morgan fingerprint density at radius 3 is 2.55 bits per heavy atom. The molecule has 0 radical (unpaired) electrons. The predicted octanol–water partition coefficient (Wildman–Crippen LogP) is 3.17. The first-order valence-corrected chi connectivity index (χ1v) is 8.59. The standard InChI is InChI=1S/C17H34N2O/c1-5-14-10-8-7-9-11-19(14)13-17(18)12-15(20-6-2)16(17,3)4/h14-15H,5-13,18H2,1-4H3. The lowest BCUT2D eigenvalue weighted by Crippen LogP contribution is -2.74. The highest BCUT2D eigenvalue weighted by Gasteiger charge is 2.59. The molecule has 2 fully saturated rings. The first kappa shape index (κ1) is 16.3. The number of rotatable bonds is 5. The minimum atomic E-state index is -0.0788. The van der Waals surface area contributed by atoms with Crippen molar-refractivity contribution >= 4 is 0 Å². The maximum atomic E-state index is 6.78. The molecule has 1 aliphatic heterocycles. The zero-order chi connectivity index (χ0) is 14.8. The summed E-state index contributed by atoms with van der Waals surface area (Å²) in [6, 6.07) is 0.736. The summed E-state index contributed by atoms with van der Waals surface area (Å²) >= 11 is 0. The van der Waals surface area contributed by atoms with Crippen LogP contribution in [0.25, 0.3) is 0 Å². The van der Waals surface area contributed by atoms with Crippen molar-refractivity contribution in [2.75, 3.05) is 19.7 Å².